The first-order valence-electron chi connectivity index (χ1n) is 7.37. The second-order valence-electron chi connectivity index (χ2n) is 5.72. The van der Waals surface area contributed by atoms with E-state index in [1.165, 1.54) is 12.1 Å². The van der Waals surface area contributed by atoms with Crippen LogP contribution in [0, 0.1) is 13.8 Å². The summed E-state index contributed by atoms with van der Waals surface area (Å²) in [7, 11) is -3.58. The average molecular weight is 381 g/mol. The number of ether oxygens (including phenoxy) is 1. The summed E-state index contributed by atoms with van der Waals surface area (Å²) >= 11 is 5.84. The summed E-state index contributed by atoms with van der Waals surface area (Å²) in [5.41, 5.74) is 2.48. The topological polar surface area (TPSA) is 77.5 Å². The quantitative estimate of drug-likeness (QED) is 0.586. The number of carbonyl (C=O) groups is 2. The largest absolute Gasteiger partial charge is 0.454 e. The number of sulfone groups is 1. The Morgan fingerprint density at radius 1 is 1.00 bits per heavy atom. The Bertz CT molecular complexity index is 948. The molecule has 0 aliphatic carbocycles. The van der Waals surface area contributed by atoms with Crippen LogP contribution in [0.3, 0.4) is 0 Å². The number of benzene rings is 2. The van der Waals surface area contributed by atoms with Gasteiger partial charge in [0, 0.05) is 11.8 Å². The van der Waals surface area contributed by atoms with Crippen molar-refractivity contribution < 1.29 is 22.7 Å². The summed E-state index contributed by atoms with van der Waals surface area (Å²) in [6, 6.07) is 9.01. The molecule has 2 aromatic carbocycles. The molecule has 25 heavy (non-hydrogen) atoms. The Hall–Kier alpha value is -2.18. The van der Waals surface area contributed by atoms with E-state index in [0.717, 1.165) is 23.4 Å². The van der Waals surface area contributed by atoms with Crippen molar-refractivity contribution >= 4 is 33.2 Å². The van der Waals surface area contributed by atoms with Crippen molar-refractivity contribution in [2.75, 3.05) is 12.9 Å². The van der Waals surface area contributed by atoms with E-state index in [9.17, 15) is 18.0 Å². The second kappa shape index (κ2) is 7.37. The van der Waals surface area contributed by atoms with Crippen molar-refractivity contribution in [3.05, 3.63) is 63.7 Å². The van der Waals surface area contributed by atoms with Crippen molar-refractivity contribution in [2.24, 2.45) is 0 Å². The molecule has 0 heterocycles. The molecule has 2 aromatic rings. The van der Waals surface area contributed by atoms with E-state index in [1.807, 2.05) is 19.9 Å². The summed E-state index contributed by atoms with van der Waals surface area (Å²) in [6.07, 6.45) is 0.993. The van der Waals surface area contributed by atoms with E-state index in [1.54, 1.807) is 12.1 Å². The molecule has 0 saturated heterocycles. The molecule has 5 nitrogen and oxygen atoms in total. The molecule has 0 amide bonds. The molecule has 0 fully saturated rings. The van der Waals surface area contributed by atoms with Gasteiger partial charge in [0.15, 0.2) is 22.2 Å². The number of hydrogen-bond acceptors (Lipinski definition) is 5. The first-order chi connectivity index (χ1) is 11.6. The maximum Gasteiger partial charge on any atom is 0.338 e. The van der Waals surface area contributed by atoms with Gasteiger partial charge in [0.2, 0.25) is 0 Å². The Balaban J connectivity index is 2.12. The fraction of sp³-hybridized carbons (Fsp3) is 0.222. The van der Waals surface area contributed by atoms with Gasteiger partial charge in [-0.1, -0.05) is 23.7 Å². The van der Waals surface area contributed by atoms with Gasteiger partial charge in [-0.3, -0.25) is 4.79 Å². The van der Waals surface area contributed by atoms with Gasteiger partial charge in [-0.2, -0.15) is 0 Å². The fourth-order valence-corrected chi connectivity index (χ4v) is 3.43. The Morgan fingerprint density at radius 3 is 2.24 bits per heavy atom. The predicted octanol–water partition coefficient (Wildman–Crippen LogP) is 3.40. The van der Waals surface area contributed by atoms with Gasteiger partial charge >= 0.3 is 5.97 Å². The highest BCUT2D eigenvalue weighted by atomic mass is 35.5. The van der Waals surface area contributed by atoms with Crippen molar-refractivity contribution in [1.29, 1.82) is 0 Å². The molecular formula is C18H17ClO5S. The molecule has 0 bridgehead atoms. The van der Waals surface area contributed by atoms with E-state index in [-0.39, 0.29) is 21.3 Å². The van der Waals surface area contributed by atoms with Crippen LogP contribution in [-0.2, 0) is 14.6 Å². The molecule has 132 valence electrons. The molecule has 0 aliphatic rings. The summed E-state index contributed by atoms with van der Waals surface area (Å²) < 4.78 is 28.3. The number of rotatable bonds is 5. The van der Waals surface area contributed by atoms with Crippen LogP contribution in [0.2, 0.25) is 5.02 Å². The molecule has 7 heteroatoms. The van der Waals surface area contributed by atoms with Gasteiger partial charge in [0.25, 0.3) is 0 Å². The van der Waals surface area contributed by atoms with Gasteiger partial charge in [0.05, 0.1) is 15.5 Å². The van der Waals surface area contributed by atoms with Crippen LogP contribution in [0.4, 0.5) is 0 Å². The maximum absolute atomic E-state index is 12.1. The summed E-state index contributed by atoms with van der Waals surface area (Å²) in [5, 5.41) is 0.0188. The van der Waals surface area contributed by atoms with E-state index in [4.69, 9.17) is 16.3 Å². The number of hydrogen-bond donors (Lipinski definition) is 0. The lowest BCUT2D eigenvalue weighted by atomic mass is 10.0. The molecule has 0 radical (unpaired) electrons. The van der Waals surface area contributed by atoms with Crippen molar-refractivity contribution in [3.63, 3.8) is 0 Å². The van der Waals surface area contributed by atoms with Crippen LogP contribution < -0.4 is 0 Å². The third-order valence-corrected chi connectivity index (χ3v) is 5.31. The predicted molar refractivity (Wildman–Crippen MR) is 95.1 cm³/mol. The molecule has 0 aliphatic heterocycles. The molecule has 0 unspecified atom stereocenters. The standard InChI is InChI=1S/C18H17ClO5S/c1-11-4-5-13(8-12(11)2)16(20)10-24-18(21)14-6-7-15(19)17(9-14)25(3,22)23/h4-9H,10H2,1-3H3. The van der Waals surface area contributed by atoms with Gasteiger partial charge < -0.3 is 4.74 Å². The monoisotopic (exact) mass is 380 g/mol. The minimum absolute atomic E-state index is 0.0118. The minimum atomic E-state index is -3.58. The first kappa shape index (κ1) is 19.1. The molecule has 0 N–H and O–H groups in total. The van der Waals surface area contributed by atoms with Gasteiger partial charge in [-0.05, 0) is 49.2 Å². The number of carbonyl (C=O) groups excluding carboxylic acids is 2. The Kier molecular flexibility index (Phi) is 5.65. The second-order valence-corrected chi connectivity index (χ2v) is 8.11. The van der Waals surface area contributed by atoms with Crippen LogP contribution in [0.15, 0.2) is 41.3 Å². The highest BCUT2D eigenvalue weighted by molar-refractivity contribution is 7.90. The number of aryl methyl sites for hydroxylation is 2. The number of Topliss-reactive ketones (excluding diaryl/α,β-unsaturated/α-hetero) is 1. The number of halogens is 1. The lowest BCUT2D eigenvalue weighted by molar-refractivity contribution is 0.0474. The summed E-state index contributed by atoms with van der Waals surface area (Å²) in [5.74, 6) is -1.13. The van der Waals surface area contributed by atoms with Gasteiger partial charge in [-0.25, -0.2) is 13.2 Å². The summed E-state index contributed by atoms with van der Waals surface area (Å²) in [4.78, 5) is 24.0. The lowest BCUT2D eigenvalue weighted by Crippen LogP contribution is -2.15. The highest BCUT2D eigenvalue weighted by Crippen LogP contribution is 2.23. The number of esters is 1. The SMILES string of the molecule is Cc1ccc(C(=O)COC(=O)c2ccc(Cl)c(S(C)(=O)=O)c2)cc1C. The van der Waals surface area contributed by atoms with Gasteiger partial charge in [-0.15, -0.1) is 0 Å². The van der Waals surface area contributed by atoms with Crippen molar-refractivity contribution in [1.82, 2.24) is 0 Å². The van der Waals surface area contributed by atoms with Crippen LogP contribution in [0.1, 0.15) is 31.8 Å². The number of ketones is 1. The fourth-order valence-electron chi connectivity index (χ4n) is 2.13. The van der Waals surface area contributed by atoms with Gasteiger partial charge in [0.1, 0.15) is 0 Å². The lowest BCUT2D eigenvalue weighted by Gasteiger charge is -2.08. The zero-order valence-electron chi connectivity index (χ0n) is 14.0. The molecule has 0 saturated carbocycles. The molecule has 0 atom stereocenters. The summed E-state index contributed by atoms with van der Waals surface area (Å²) in [6.45, 7) is 3.39. The van der Waals surface area contributed by atoms with Crippen molar-refractivity contribution in [2.45, 2.75) is 18.7 Å². The third-order valence-electron chi connectivity index (χ3n) is 3.73. The van der Waals surface area contributed by atoms with Crippen LogP contribution in [0.25, 0.3) is 0 Å². The first-order valence-corrected chi connectivity index (χ1v) is 9.63. The Morgan fingerprint density at radius 2 is 1.64 bits per heavy atom. The van der Waals surface area contributed by atoms with Crippen molar-refractivity contribution in [3.8, 4) is 0 Å². The zero-order valence-corrected chi connectivity index (χ0v) is 15.6. The average Bonchev–Trinajstić information content (AvgIpc) is 2.54. The maximum atomic E-state index is 12.1. The van der Waals surface area contributed by atoms with Crippen LogP contribution >= 0.6 is 11.6 Å². The van der Waals surface area contributed by atoms with E-state index in [2.05, 4.69) is 0 Å². The normalized spacial score (nSPS) is 11.2. The molecule has 0 aromatic heterocycles. The van der Waals surface area contributed by atoms with Crippen LogP contribution in [0.5, 0.6) is 0 Å². The minimum Gasteiger partial charge on any atom is -0.454 e. The van der Waals surface area contributed by atoms with E-state index in [0.29, 0.717) is 5.56 Å². The highest BCUT2D eigenvalue weighted by Gasteiger charge is 2.18. The van der Waals surface area contributed by atoms with E-state index < -0.39 is 22.4 Å². The van der Waals surface area contributed by atoms with Crippen LogP contribution in [-0.4, -0.2) is 33.0 Å². The molecule has 2 rings (SSSR count). The third kappa shape index (κ3) is 4.67. The molecule has 0 spiro atoms. The Labute approximate surface area is 151 Å². The molecular weight excluding hydrogens is 364 g/mol. The van der Waals surface area contributed by atoms with E-state index >= 15 is 0 Å². The zero-order chi connectivity index (χ0) is 18.8. The smallest absolute Gasteiger partial charge is 0.338 e.